The van der Waals surface area contributed by atoms with E-state index in [1.807, 2.05) is 54.7 Å². The minimum atomic E-state index is -0.417. The summed E-state index contributed by atoms with van der Waals surface area (Å²) < 4.78 is 0. The van der Waals surface area contributed by atoms with Gasteiger partial charge in [0.25, 0.3) is 0 Å². The smallest absolute Gasteiger partial charge is 0.164 e. The summed E-state index contributed by atoms with van der Waals surface area (Å²) in [7, 11) is 0. The summed E-state index contributed by atoms with van der Waals surface area (Å²) in [5, 5.41) is 14.4. The molecule has 1 radical (unpaired) electrons. The molecule has 203 valence electrons. The normalized spacial score (nSPS) is 12.1. The average molecular weight is 688 g/mol. The number of fused-ring (bicyclic) bond motifs is 3. The quantitative estimate of drug-likeness (QED) is 0.0993. The van der Waals surface area contributed by atoms with Crippen LogP contribution in [0.15, 0.2) is 54.4 Å². The van der Waals surface area contributed by atoms with E-state index in [9.17, 15) is 9.90 Å². The minimum absolute atomic E-state index is 0. The molecule has 0 bridgehead atoms. The molecule has 0 fully saturated rings. The summed E-state index contributed by atoms with van der Waals surface area (Å²) in [6.07, 6.45) is 3.22. The first-order chi connectivity index (χ1) is 17.1. The Morgan fingerprint density at radius 2 is 1.55 bits per heavy atom. The Bertz CT molecular complexity index is 1490. The second-order valence-corrected chi connectivity index (χ2v) is 11.9. The van der Waals surface area contributed by atoms with Crippen LogP contribution in [0.25, 0.3) is 32.8 Å². The van der Waals surface area contributed by atoms with E-state index in [1.165, 1.54) is 27.8 Å². The summed E-state index contributed by atoms with van der Waals surface area (Å²) >= 11 is 0. The van der Waals surface area contributed by atoms with Gasteiger partial charge in [-0.1, -0.05) is 67.5 Å². The van der Waals surface area contributed by atoms with E-state index in [0.29, 0.717) is 0 Å². The third kappa shape index (κ3) is 7.36. The van der Waals surface area contributed by atoms with Crippen LogP contribution in [-0.2, 0) is 24.9 Å². The first-order valence-electron chi connectivity index (χ1n) is 12.7. The molecular weight excluding hydrogens is 649 g/mol. The fourth-order valence-corrected chi connectivity index (χ4v) is 4.17. The molecule has 0 atom stereocenters. The van der Waals surface area contributed by atoms with E-state index in [4.69, 9.17) is 0 Å². The standard InChI is InChI=1S/C22H19N2.C11H20O2.Ir/c1-13-9-14(2)11-18(10-13)22-20-6-5-17-12-15(3)24-16(4)21(17)19(20)7-8-23-22;1-10(2,3)8(12)7-9(13)11(4,5)6;/h5-10,12H,1-4H3;7,12H,1-6H3;/q-1;;/b;8-7-;. The molecule has 0 unspecified atom stereocenters. The maximum atomic E-state index is 11.5. The van der Waals surface area contributed by atoms with Gasteiger partial charge in [-0.25, -0.2) is 0 Å². The molecule has 4 rings (SSSR count). The minimum Gasteiger partial charge on any atom is -0.512 e. The van der Waals surface area contributed by atoms with Gasteiger partial charge in [0.1, 0.15) is 5.76 Å². The van der Waals surface area contributed by atoms with E-state index >= 15 is 0 Å². The molecule has 0 aliphatic heterocycles. The second kappa shape index (κ2) is 11.9. The molecule has 0 amide bonds. The molecule has 2 aromatic heterocycles. The number of hydrogen-bond acceptors (Lipinski definition) is 4. The number of carbonyl (C=O) groups excluding carboxylic acids is 1. The van der Waals surface area contributed by atoms with Gasteiger partial charge < -0.3 is 10.1 Å². The van der Waals surface area contributed by atoms with Gasteiger partial charge in [0, 0.05) is 60.0 Å². The van der Waals surface area contributed by atoms with E-state index < -0.39 is 5.41 Å². The fourth-order valence-electron chi connectivity index (χ4n) is 4.17. The summed E-state index contributed by atoms with van der Waals surface area (Å²) in [4.78, 5) is 20.8. The van der Waals surface area contributed by atoms with Crippen molar-refractivity contribution < 1.29 is 30.0 Å². The molecule has 5 heteroatoms. The predicted molar refractivity (Wildman–Crippen MR) is 155 cm³/mol. The molecule has 2 heterocycles. The Balaban J connectivity index is 0.000000313. The van der Waals surface area contributed by atoms with Crippen LogP contribution in [0.3, 0.4) is 0 Å². The number of allylic oxidation sites excluding steroid dienone is 2. The fraction of sp³-hybridized carbons (Fsp3) is 0.364. The van der Waals surface area contributed by atoms with Crippen LogP contribution >= 0.6 is 0 Å². The summed E-state index contributed by atoms with van der Waals surface area (Å²) in [5.41, 5.74) is 5.76. The van der Waals surface area contributed by atoms with Crippen molar-refractivity contribution in [3.8, 4) is 11.3 Å². The topological polar surface area (TPSA) is 63.1 Å². The van der Waals surface area contributed by atoms with Gasteiger partial charge in [-0.3, -0.25) is 9.78 Å². The third-order valence-corrected chi connectivity index (χ3v) is 6.23. The van der Waals surface area contributed by atoms with Crippen molar-refractivity contribution in [1.29, 1.82) is 0 Å². The number of rotatable bonds is 2. The average Bonchev–Trinajstić information content (AvgIpc) is 2.76. The van der Waals surface area contributed by atoms with E-state index in [2.05, 4.69) is 73.2 Å². The Kier molecular flexibility index (Phi) is 9.80. The van der Waals surface area contributed by atoms with Gasteiger partial charge in [0.15, 0.2) is 5.78 Å². The van der Waals surface area contributed by atoms with Crippen molar-refractivity contribution in [1.82, 2.24) is 9.97 Å². The monoisotopic (exact) mass is 688 g/mol. The second-order valence-electron chi connectivity index (χ2n) is 11.9. The van der Waals surface area contributed by atoms with E-state index in [-0.39, 0.29) is 37.1 Å². The van der Waals surface area contributed by atoms with Crippen LogP contribution in [0.4, 0.5) is 0 Å². The third-order valence-electron chi connectivity index (χ3n) is 6.23. The van der Waals surface area contributed by atoms with Gasteiger partial charge in [0.05, 0.1) is 0 Å². The zero-order valence-corrected chi connectivity index (χ0v) is 26.6. The largest absolute Gasteiger partial charge is 0.512 e. The van der Waals surface area contributed by atoms with Crippen LogP contribution in [0.1, 0.15) is 64.1 Å². The van der Waals surface area contributed by atoms with Gasteiger partial charge in [0.2, 0.25) is 0 Å². The van der Waals surface area contributed by atoms with Gasteiger partial charge in [-0.2, -0.15) is 0 Å². The van der Waals surface area contributed by atoms with E-state index in [1.54, 1.807) is 0 Å². The van der Waals surface area contributed by atoms with Gasteiger partial charge >= 0.3 is 0 Å². The summed E-state index contributed by atoms with van der Waals surface area (Å²) in [6.45, 7) is 19.4. The molecule has 0 spiro atoms. The molecule has 4 nitrogen and oxygen atoms in total. The number of aliphatic hydroxyl groups excluding tert-OH is 1. The number of aromatic nitrogens is 2. The molecule has 1 N–H and O–H groups in total. The van der Waals surface area contributed by atoms with Crippen LogP contribution in [0, 0.1) is 44.6 Å². The van der Waals surface area contributed by atoms with Crippen molar-refractivity contribution in [2.24, 2.45) is 10.8 Å². The number of pyridine rings is 2. The number of benzene rings is 2. The SMILES string of the molecule is CC(C)(C)C(=O)/C=C(\O)C(C)(C)C.Cc1[c-]c(-c2nccc3c2ccc2cc(C)nc(C)c23)cc(C)c1.[Ir]. The molecule has 0 saturated carbocycles. The van der Waals surface area contributed by atoms with Gasteiger partial charge in [-0.05, 0) is 47.8 Å². The predicted octanol–water partition coefficient (Wildman–Crippen LogP) is 8.57. The Morgan fingerprint density at radius 3 is 2.13 bits per heavy atom. The molecule has 0 aliphatic carbocycles. The zero-order chi connectivity index (χ0) is 27.7. The number of aliphatic hydroxyl groups is 1. The number of ketones is 1. The maximum absolute atomic E-state index is 11.5. The summed E-state index contributed by atoms with van der Waals surface area (Å²) in [5.74, 6) is 0.104. The van der Waals surface area contributed by atoms with Crippen molar-refractivity contribution in [3.05, 3.63) is 83.0 Å². The van der Waals surface area contributed by atoms with Crippen LogP contribution in [0.2, 0.25) is 0 Å². The molecule has 4 aromatic rings. The van der Waals surface area contributed by atoms with E-state index in [0.717, 1.165) is 33.6 Å². The van der Waals surface area contributed by atoms with Crippen LogP contribution in [-0.4, -0.2) is 20.9 Å². The van der Waals surface area contributed by atoms with Crippen molar-refractivity contribution in [2.75, 3.05) is 0 Å². The van der Waals surface area contributed by atoms with Crippen LogP contribution < -0.4 is 0 Å². The first-order valence-corrected chi connectivity index (χ1v) is 12.7. The number of nitrogens with zero attached hydrogens (tertiary/aromatic N) is 2. The molecular formula is C33H39IrN2O2-. The Labute approximate surface area is 241 Å². The van der Waals surface area contributed by atoms with Crippen molar-refractivity contribution in [2.45, 2.75) is 69.2 Å². The molecule has 2 aromatic carbocycles. The molecule has 38 heavy (non-hydrogen) atoms. The molecule has 0 aliphatic rings. The number of carbonyl (C=O) groups is 1. The number of hydrogen-bond donors (Lipinski definition) is 1. The maximum Gasteiger partial charge on any atom is 0.164 e. The first kappa shape index (κ1) is 31.3. The van der Waals surface area contributed by atoms with Crippen molar-refractivity contribution in [3.63, 3.8) is 0 Å². The Hall–Kier alpha value is -2.88. The van der Waals surface area contributed by atoms with Crippen molar-refractivity contribution >= 4 is 27.3 Å². The summed E-state index contributed by atoms with van der Waals surface area (Å²) in [6, 6.07) is 16.3. The van der Waals surface area contributed by atoms with Gasteiger partial charge in [-0.15, -0.1) is 34.9 Å². The number of aryl methyl sites for hydroxylation is 4. The Morgan fingerprint density at radius 1 is 0.895 bits per heavy atom. The zero-order valence-electron chi connectivity index (χ0n) is 24.2. The molecule has 0 saturated heterocycles. The van der Waals surface area contributed by atoms with Crippen LogP contribution in [0.5, 0.6) is 0 Å².